The van der Waals surface area contributed by atoms with Gasteiger partial charge >= 0.3 is 0 Å². The third-order valence-electron chi connectivity index (χ3n) is 4.73. The van der Waals surface area contributed by atoms with Crippen LogP contribution >= 0.6 is 11.3 Å². The van der Waals surface area contributed by atoms with E-state index in [9.17, 15) is 9.90 Å². The number of nitrogens with one attached hydrogen (secondary N) is 1. The van der Waals surface area contributed by atoms with E-state index in [0.29, 0.717) is 10.9 Å². The van der Waals surface area contributed by atoms with Crippen LogP contribution in [0.1, 0.15) is 26.5 Å². The average Bonchev–Trinajstić information content (AvgIpc) is 3.10. The number of hydrogen-bond donors (Lipinski definition) is 2. The van der Waals surface area contributed by atoms with E-state index in [-0.39, 0.29) is 11.3 Å². The first-order chi connectivity index (χ1) is 13.6. The van der Waals surface area contributed by atoms with E-state index in [0.717, 1.165) is 31.7 Å². The van der Waals surface area contributed by atoms with E-state index in [2.05, 4.69) is 39.5 Å². The van der Waals surface area contributed by atoms with Gasteiger partial charge in [-0.2, -0.15) is 0 Å². The summed E-state index contributed by atoms with van der Waals surface area (Å²) in [5.74, 6) is 0.0234. The summed E-state index contributed by atoms with van der Waals surface area (Å²) in [5.41, 5.74) is 2.50. The molecule has 0 fully saturated rings. The lowest BCUT2D eigenvalue weighted by Gasteiger charge is -2.25. The number of phenolic OH excluding ortho intramolecular Hbond substituents is 1. The minimum atomic E-state index is -0.399. The summed E-state index contributed by atoms with van der Waals surface area (Å²) in [5, 5.41) is 13.3. The fourth-order valence-electron chi connectivity index (χ4n) is 3.27. The summed E-state index contributed by atoms with van der Waals surface area (Å²) in [6, 6.07) is 15.0. The number of nitrogens with zero attached hydrogens (tertiary/aromatic N) is 2. The van der Waals surface area contributed by atoms with Crippen LogP contribution in [-0.4, -0.2) is 34.6 Å². The van der Waals surface area contributed by atoms with E-state index in [4.69, 9.17) is 4.74 Å². The van der Waals surface area contributed by atoms with Gasteiger partial charge in [-0.3, -0.25) is 15.0 Å². The monoisotopic (exact) mass is 395 g/mol. The highest BCUT2D eigenvalue weighted by atomic mass is 32.1. The Balaban J connectivity index is 1.45. The fraction of sp³-hybridized carbons (Fsp3) is 0.238. The van der Waals surface area contributed by atoms with Crippen molar-refractivity contribution in [3.8, 4) is 11.5 Å². The standard InChI is InChI=1S/C21H21N3O3S/c1-27-15-7-8-18(25)16(11-15)20(26)23-21-22-17-9-10-24(13-19(17)28-21)12-14-5-3-2-4-6-14/h2-8,11,25H,9-10,12-13H2,1H3,(H,22,23,26). The van der Waals surface area contributed by atoms with Crippen LogP contribution in [0.25, 0.3) is 0 Å². The van der Waals surface area contributed by atoms with Crippen molar-refractivity contribution < 1.29 is 14.6 Å². The Hall–Kier alpha value is -2.90. The van der Waals surface area contributed by atoms with Crippen molar-refractivity contribution in [2.24, 2.45) is 0 Å². The van der Waals surface area contributed by atoms with Crippen molar-refractivity contribution in [2.75, 3.05) is 19.0 Å². The van der Waals surface area contributed by atoms with Gasteiger partial charge in [0, 0.05) is 30.9 Å². The number of fused-ring (bicyclic) bond motifs is 1. The number of hydrogen-bond acceptors (Lipinski definition) is 6. The molecule has 2 N–H and O–H groups in total. The minimum Gasteiger partial charge on any atom is -0.507 e. The molecule has 0 unspecified atom stereocenters. The van der Waals surface area contributed by atoms with Crippen LogP contribution in [0, 0.1) is 0 Å². The van der Waals surface area contributed by atoms with Gasteiger partial charge in [-0.25, -0.2) is 4.98 Å². The van der Waals surface area contributed by atoms with Crippen LogP contribution in [-0.2, 0) is 19.5 Å². The quantitative estimate of drug-likeness (QED) is 0.690. The largest absolute Gasteiger partial charge is 0.507 e. The molecule has 0 radical (unpaired) electrons. The first kappa shape index (κ1) is 18.5. The zero-order chi connectivity index (χ0) is 19.5. The first-order valence-electron chi connectivity index (χ1n) is 9.05. The number of ether oxygens (including phenoxy) is 1. The highest BCUT2D eigenvalue weighted by Crippen LogP contribution is 2.30. The molecule has 0 spiro atoms. The molecular formula is C21H21N3O3S. The number of anilines is 1. The van der Waals surface area contributed by atoms with Crippen LogP contribution in [0.15, 0.2) is 48.5 Å². The lowest BCUT2D eigenvalue weighted by molar-refractivity contribution is 0.102. The predicted octanol–water partition coefficient (Wildman–Crippen LogP) is 3.67. The molecule has 144 valence electrons. The minimum absolute atomic E-state index is 0.0892. The molecule has 28 heavy (non-hydrogen) atoms. The molecule has 1 aliphatic heterocycles. The Kier molecular flexibility index (Phi) is 5.27. The predicted molar refractivity (Wildman–Crippen MR) is 109 cm³/mol. The lowest BCUT2D eigenvalue weighted by Crippen LogP contribution is -2.29. The number of benzene rings is 2. The number of aromatic hydroxyl groups is 1. The molecule has 0 atom stereocenters. The normalized spacial score (nSPS) is 13.8. The first-order valence-corrected chi connectivity index (χ1v) is 9.87. The fourth-order valence-corrected chi connectivity index (χ4v) is 4.31. The van der Waals surface area contributed by atoms with E-state index in [1.54, 1.807) is 6.07 Å². The number of methoxy groups -OCH3 is 1. The molecule has 2 aromatic carbocycles. The van der Waals surface area contributed by atoms with E-state index in [1.807, 2.05) is 6.07 Å². The Morgan fingerprint density at radius 3 is 2.89 bits per heavy atom. The molecule has 6 nitrogen and oxygen atoms in total. The second-order valence-corrected chi connectivity index (χ2v) is 7.76. The maximum Gasteiger partial charge on any atom is 0.261 e. The van der Waals surface area contributed by atoms with Crippen LogP contribution in [0.4, 0.5) is 5.13 Å². The van der Waals surface area contributed by atoms with Crippen LogP contribution < -0.4 is 10.1 Å². The number of amides is 1. The van der Waals surface area contributed by atoms with Gasteiger partial charge in [-0.1, -0.05) is 30.3 Å². The van der Waals surface area contributed by atoms with Crippen molar-refractivity contribution >= 4 is 22.4 Å². The smallest absolute Gasteiger partial charge is 0.261 e. The zero-order valence-corrected chi connectivity index (χ0v) is 16.3. The number of aromatic nitrogens is 1. The maximum atomic E-state index is 12.6. The zero-order valence-electron chi connectivity index (χ0n) is 15.5. The number of carbonyl (C=O) groups is 1. The summed E-state index contributed by atoms with van der Waals surface area (Å²) in [7, 11) is 1.52. The molecule has 7 heteroatoms. The van der Waals surface area contributed by atoms with Gasteiger partial charge in [-0.15, -0.1) is 11.3 Å². The third kappa shape index (κ3) is 4.00. The number of rotatable bonds is 5. The third-order valence-corrected chi connectivity index (χ3v) is 5.73. The highest BCUT2D eigenvalue weighted by molar-refractivity contribution is 7.15. The van der Waals surface area contributed by atoms with Crippen molar-refractivity contribution in [3.05, 3.63) is 70.2 Å². The van der Waals surface area contributed by atoms with Crippen LogP contribution in [0.5, 0.6) is 11.5 Å². The molecule has 2 heterocycles. The Morgan fingerprint density at radius 1 is 1.29 bits per heavy atom. The molecule has 4 rings (SSSR count). The summed E-state index contributed by atoms with van der Waals surface area (Å²) < 4.78 is 5.13. The van der Waals surface area contributed by atoms with Crippen LogP contribution in [0.2, 0.25) is 0 Å². The number of phenols is 1. The van der Waals surface area contributed by atoms with Crippen molar-refractivity contribution in [3.63, 3.8) is 0 Å². The Labute approximate surface area is 167 Å². The molecule has 1 amide bonds. The molecule has 0 bridgehead atoms. The van der Waals surface area contributed by atoms with Crippen molar-refractivity contribution in [2.45, 2.75) is 19.5 Å². The summed E-state index contributed by atoms with van der Waals surface area (Å²) in [6.07, 6.45) is 0.860. The van der Waals surface area contributed by atoms with Crippen molar-refractivity contribution in [1.29, 1.82) is 0 Å². The maximum absolute atomic E-state index is 12.6. The number of thiazole rings is 1. The van der Waals surface area contributed by atoms with E-state index >= 15 is 0 Å². The highest BCUT2D eigenvalue weighted by Gasteiger charge is 2.22. The summed E-state index contributed by atoms with van der Waals surface area (Å²) in [4.78, 5) is 20.7. The van der Waals surface area contributed by atoms with Crippen LogP contribution in [0.3, 0.4) is 0 Å². The molecule has 3 aromatic rings. The van der Waals surface area contributed by atoms with Gasteiger partial charge in [-0.05, 0) is 23.8 Å². The second-order valence-electron chi connectivity index (χ2n) is 6.67. The van der Waals surface area contributed by atoms with Gasteiger partial charge in [0.05, 0.1) is 18.4 Å². The molecular weight excluding hydrogens is 374 g/mol. The van der Waals surface area contributed by atoms with E-state index in [1.165, 1.54) is 41.0 Å². The molecule has 1 aromatic heterocycles. The number of carbonyl (C=O) groups excluding carboxylic acids is 1. The topological polar surface area (TPSA) is 74.7 Å². The van der Waals surface area contributed by atoms with Gasteiger partial charge in [0.25, 0.3) is 5.91 Å². The van der Waals surface area contributed by atoms with Gasteiger partial charge in [0.2, 0.25) is 0 Å². The molecule has 0 saturated heterocycles. The summed E-state index contributed by atoms with van der Waals surface area (Å²) in [6.45, 7) is 2.66. The van der Waals surface area contributed by atoms with E-state index < -0.39 is 5.91 Å². The van der Waals surface area contributed by atoms with Gasteiger partial charge in [0.1, 0.15) is 11.5 Å². The average molecular weight is 395 g/mol. The summed E-state index contributed by atoms with van der Waals surface area (Å²) >= 11 is 1.49. The Bertz CT molecular complexity index is 988. The second kappa shape index (κ2) is 8.00. The molecule has 0 saturated carbocycles. The Morgan fingerprint density at radius 2 is 2.11 bits per heavy atom. The molecule has 0 aliphatic carbocycles. The lowest BCUT2D eigenvalue weighted by atomic mass is 10.1. The SMILES string of the molecule is COc1ccc(O)c(C(=O)Nc2nc3c(s2)CN(Cc2ccccc2)CC3)c1. The molecule has 1 aliphatic rings. The van der Waals surface area contributed by atoms with Crippen molar-refractivity contribution in [1.82, 2.24) is 9.88 Å². The van der Waals surface area contributed by atoms with Gasteiger partial charge < -0.3 is 9.84 Å². The van der Waals surface area contributed by atoms with Gasteiger partial charge in [0.15, 0.2) is 5.13 Å².